The highest BCUT2D eigenvalue weighted by molar-refractivity contribution is 5.70. The predicted octanol–water partition coefficient (Wildman–Crippen LogP) is 0.952. The monoisotopic (exact) mass is 336 g/mol. The molecule has 0 aromatic rings. The molecule has 6 saturated heterocycles. The molecule has 6 aliphatic rings. The van der Waals surface area contributed by atoms with Gasteiger partial charge in [0.15, 0.2) is 0 Å². The summed E-state index contributed by atoms with van der Waals surface area (Å²) in [6.45, 7) is 8.87. The molecule has 6 heteroatoms. The van der Waals surface area contributed by atoms with Crippen LogP contribution >= 0.6 is 0 Å². The number of nitrogens with two attached hydrogens (primary N) is 1. The van der Waals surface area contributed by atoms with E-state index in [2.05, 4.69) is 21.6 Å². The number of carbonyl (C=O) groups is 1. The van der Waals surface area contributed by atoms with Crippen LogP contribution in [0.1, 0.15) is 45.4 Å². The second-order valence-electron chi connectivity index (χ2n) is 7.84. The van der Waals surface area contributed by atoms with E-state index in [0.717, 1.165) is 38.9 Å². The molecule has 0 radical (unpaired) electrons. The van der Waals surface area contributed by atoms with Gasteiger partial charge in [-0.1, -0.05) is 0 Å². The molecule has 6 rings (SSSR count). The van der Waals surface area contributed by atoms with Gasteiger partial charge in [0.05, 0.1) is 11.5 Å². The quantitative estimate of drug-likeness (QED) is 0.744. The van der Waals surface area contributed by atoms with Crippen molar-refractivity contribution in [2.75, 3.05) is 45.9 Å². The van der Waals surface area contributed by atoms with Gasteiger partial charge in [-0.3, -0.25) is 4.79 Å². The third kappa shape index (κ3) is 4.92. The van der Waals surface area contributed by atoms with Crippen molar-refractivity contribution < 1.29 is 9.90 Å². The fourth-order valence-corrected chi connectivity index (χ4v) is 4.13. The number of piperidine rings is 6. The molecule has 0 saturated carbocycles. The smallest absolute Gasteiger partial charge is 0.214 e. The van der Waals surface area contributed by atoms with Gasteiger partial charge < -0.3 is 20.6 Å². The van der Waals surface area contributed by atoms with Crippen LogP contribution in [0.15, 0.2) is 0 Å². The molecular formula is C18H32N4O2. The van der Waals surface area contributed by atoms with E-state index in [0.29, 0.717) is 12.0 Å². The molecule has 6 heterocycles. The van der Waals surface area contributed by atoms with Crippen molar-refractivity contribution in [2.45, 2.75) is 45.4 Å². The highest BCUT2D eigenvalue weighted by Gasteiger charge is 2.39. The molecule has 3 N–H and O–H groups in total. The van der Waals surface area contributed by atoms with Crippen molar-refractivity contribution in [2.24, 2.45) is 16.6 Å². The number of rotatable bonds is 1. The van der Waals surface area contributed by atoms with E-state index < -0.39 is 0 Å². The van der Waals surface area contributed by atoms with Crippen LogP contribution in [0.3, 0.4) is 0 Å². The molecule has 4 bridgehead atoms. The third-order valence-electron chi connectivity index (χ3n) is 6.17. The predicted molar refractivity (Wildman–Crippen MR) is 93.0 cm³/mol. The lowest BCUT2D eigenvalue weighted by molar-refractivity contribution is -0.115. The zero-order valence-electron chi connectivity index (χ0n) is 15.0. The largest absolute Gasteiger partial charge is 0.396 e. The molecule has 6 nitrogen and oxygen atoms in total. The molecule has 6 aliphatic heterocycles. The van der Waals surface area contributed by atoms with Crippen LogP contribution in [-0.4, -0.2) is 66.7 Å². The summed E-state index contributed by atoms with van der Waals surface area (Å²) in [4.78, 5) is 14.2. The van der Waals surface area contributed by atoms with E-state index in [1.807, 2.05) is 0 Å². The zero-order valence-corrected chi connectivity index (χ0v) is 15.0. The Bertz CT molecular complexity index is 427. The number of nitriles is 1. The summed E-state index contributed by atoms with van der Waals surface area (Å²) in [6.07, 6.45) is 7.02. The Labute approximate surface area is 145 Å². The van der Waals surface area contributed by atoms with Gasteiger partial charge in [-0.2, -0.15) is 5.26 Å². The Morgan fingerprint density at radius 3 is 1.54 bits per heavy atom. The second kappa shape index (κ2) is 8.28. The first-order valence-electron chi connectivity index (χ1n) is 9.15. The molecule has 6 fully saturated rings. The summed E-state index contributed by atoms with van der Waals surface area (Å²) < 4.78 is 0. The van der Waals surface area contributed by atoms with Crippen LogP contribution in [0.25, 0.3) is 0 Å². The van der Waals surface area contributed by atoms with Crippen LogP contribution in [0.2, 0.25) is 0 Å². The molecule has 0 aliphatic carbocycles. The summed E-state index contributed by atoms with van der Waals surface area (Å²) in [7, 11) is 0. The topological polar surface area (TPSA) is 93.6 Å². The van der Waals surface area contributed by atoms with Crippen molar-refractivity contribution in [3.63, 3.8) is 0 Å². The van der Waals surface area contributed by atoms with Gasteiger partial charge in [0.1, 0.15) is 0 Å². The average Bonchev–Trinajstić information content (AvgIpc) is 2.65. The lowest BCUT2D eigenvalue weighted by Crippen LogP contribution is -2.49. The van der Waals surface area contributed by atoms with Crippen molar-refractivity contribution in [3.05, 3.63) is 0 Å². The van der Waals surface area contributed by atoms with Crippen molar-refractivity contribution in [3.8, 4) is 6.07 Å². The van der Waals surface area contributed by atoms with E-state index in [4.69, 9.17) is 10.4 Å². The Morgan fingerprint density at radius 1 is 1.00 bits per heavy atom. The standard InChI is InChI=1S/C8H12N2.C8H15NO.C2H5NO/c9-7-8-1-4-10(5-2-8)6-3-8;10-7-8-1-4-9(5-2-8)6-3-8;1-2(3)4/h1-6H2;10H,1-7H2;1H3,(H2,3,4). The average molecular weight is 336 g/mol. The Hall–Kier alpha value is -1.16. The Kier molecular flexibility index (Phi) is 6.62. The highest BCUT2D eigenvalue weighted by atomic mass is 16.3. The number of amides is 1. The molecule has 0 aromatic heterocycles. The minimum absolute atomic E-state index is 0.0920. The highest BCUT2D eigenvalue weighted by Crippen LogP contribution is 2.39. The first-order valence-corrected chi connectivity index (χ1v) is 9.15. The maximum Gasteiger partial charge on any atom is 0.214 e. The van der Waals surface area contributed by atoms with Gasteiger partial charge in [-0.15, -0.1) is 0 Å². The fraction of sp³-hybridized carbons (Fsp3) is 0.889. The van der Waals surface area contributed by atoms with Crippen LogP contribution in [0.4, 0.5) is 0 Å². The summed E-state index contributed by atoms with van der Waals surface area (Å²) in [5, 5.41) is 18.0. The van der Waals surface area contributed by atoms with Crippen molar-refractivity contribution in [1.82, 2.24) is 9.80 Å². The normalized spacial score (nSPS) is 38.9. The van der Waals surface area contributed by atoms with E-state index in [9.17, 15) is 4.79 Å². The lowest BCUT2D eigenvalue weighted by Gasteiger charge is -2.47. The number of carbonyl (C=O) groups excluding carboxylic acids is 1. The summed E-state index contributed by atoms with van der Waals surface area (Å²) >= 11 is 0. The molecule has 1 amide bonds. The maximum absolute atomic E-state index is 9.22. The summed E-state index contributed by atoms with van der Waals surface area (Å²) in [5.74, 6) is -0.333. The third-order valence-corrected chi connectivity index (χ3v) is 6.17. The van der Waals surface area contributed by atoms with Gasteiger partial charge in [-0.25, -0.2) is 0 Å². The first kappa shape index (κ1) is 19.2. The molecule has 136 valence electrons. The number of primary amides is 1. The van der Waals surface area contributed by atoms with Crippen LogP contribution in [-0.2, 0) is 4.79 Å². The van der Waals surface area contributed by atoms with Gasteiger partial charge >= 0.3 is 0 Å². The first-order chi connectivity index (χ1) is 11.4. The minimum Gasteiger partial charge on any atom is -0.396 e. The number of hydrogen-bond acceptors (Lipinski definition) is 5. The Morgan fingerprint density at radius 2 is 1.33 bits per heavy atom. The van der Waals surface area contributed by atoms with Gasteiger partial charge in [0, 0.05) is 13.5 Å². The van der Waals surface area contributed by atoms with Crippen LogP contribution < -0.4 is 5.73 Å². The van der Waals surface area contributed by atoms with Gasteiger partial charge in [-0.05, 0) is 83.2 Å². The van der Waals surface area contributed by atoms with E-state index in [1.165, 1.54) is 45.8 Å². The van der Waals surface area contributed by atoms with Crippen molar-refractivity contribution >= 4 is 5.91 Å². The van der Waals surface area contributed by atoms with Crippen LogP contribution in [0, 0.1) is 22.2 Å². The number of hydrogen-bond donors (Lipinski definition) is 2. The fourth-order valence-electron chi connectivity index (χ4n) is 4.13. The molecule has 0 unspecified atom stereocenters. The minimum atomic E-state index is -0.333. The molecule has 0 atom stereocenters. The van der Waals surface area contributed by atoms with Crippen LogP contribution in [0.5, 0.6) is 0 Å². The van der Waals surface area contributed by atoms with Crippen molar-refractivity contribution in [1.29, 1.82) is 5.26 Å². The number of aliphatic hydroxyl groups is 1. The molecule has 0 aromatic carbocycles. The van der Waals surface area contributed by atoms with Gasteiger partial charge in [0.2, 0.25) is 5.91 Å². The van der Waals surface area contributed by atoms with E-state index >= 15 is 0 Å². The Balaban J connectivity index is 0.000000143. The molecular weight excluding hydrogens is 304 g/mol. The summed E-state index contributed by atoms with van der Waals surface area (Å²) in [5.41, 5.74) is 4.91. The number of fused-ring (bicyclic) bond motifs is 6. The number of nitrogens with zero attached hydrogens (tertiary/aromatic N) is 3. The second-order valence-corrected chi connectivity index (χ2v) is 7.84. The maximum atomic E-state index is 9.22. The zero-order chi connectivity index (χ0) is 17.6. The lowest BCUT2D eigenvalue weighted by atomic mass is 9.73. The van der Waals surface area contributed by atoms with E-state index in [-0.39, 0.29) is 11.3 Å². The SMILES string of the molecule is CC(N)=O.N#CC12CCN(CC1)CC2.OCC12CCN(CC1)CC2. The summed E-state index contributed by atoms with van der Waals surface area (Å²) in [6, 6.07) is 2.48. The van der Waals surface area contributed by atoms with Gasteiger partial charge in [0.25, 0.3) is 0 Å². The molecule has 0 spiro atoms. The molecule has 24 heavy (non-hydrogen) atoms. The van der Waals surface area contributed by atoms with E-state index in [1.54, 1.807) is 0 Å². The number of aliphatic hydroxyl groups excluding tert-OH is 1.